The van der Waals surface area contributed by atoms with E-state index in [0.29, 0.717) is 34.7 Å². The van der Waals surface area contributed by atoms with Crippen LogP contribution in [0, 0.1) is 6.92 Å². The summed E-state index contributed by atoms with van der Waals surface area (Å²) >= 11 is 0.575. The van der Waals surface area contributed by atoms with Crippen molar-refractivity contribution in [2.24, 2.45) is 5.73 Å². The molecular weight excluding hydrogens is 619 g/mol. The van der Waals surface area contributed by atoms with E-state index < -0.39 is 35.8 Å². The maximum Gasteiger partial charge on any atom is 0.433 e. The molecule has 16 heteroatoms. The standard InChI is InChI=1S/C29H21F5N8O2S/c1-3-41-12-17(13(2)40-41)15-9-20(29(32,33)34)38-28-21(15)22(23(45-28)25(35)43)39-27(44)16-11-36-42-19(24(30)31)10-18(37-26(16)42)14-7-5-4-6-8-14/h4-12,24H,3H2,1-2H3,(H2,35,43)(H,39,44). The summed E-state index contributed by atoms with van der Waals surface area (Å²) in [6, 6.07) is 10.4. The maximum absolute atomic E-state index is 14.1. The molecule has 0 aliphatic rings. The number of fused-ring (bicyclic) bond motifs is 2. The van der Waals surface area contributed by atoms with Gasteiger partial charge in [-0.3, -0.25) is 14.3 Å². The van der Waals surface area contributed by atoms with Crippen molar-refractivity contribution in [3.8, 4) is 22.4 Å². The fraction of sp³-hybridized carbons (Fsp3) is 0.172. The first kappa shape index (κ1) is 29.8. The summed E-state index contributed by atoms with van der Waals surface area (Å²) in [6.07, 6.45) is -5.23. The molecule has 0 atom stereocenters. The maximum atomic E-state index is 14.1. The van der Waals surface area contributed by atoms with Crippen LogP contribution in [-0.2, 0) is 12.7 Å². The molecule has 0 radical (unpaired) electrons. The van der Waals surface area contributed by atoms with Gasteiger partial charge < -0.3 is 11.1 Å². The zero-order valence-corrected chi connectivity index (χ0v) is 24.2. The highest BCUT2D eigenvalue weighted by atomic mass is 32.1. The first-order valence-corrected chi connectivity index (χ1v) is 14.1. The van der Waals surface area contributed by atoms with Crippen molar-refractivity contribution in [1.29, 1.82) is 0 Å². The monoisotopic (exact) mass is 640 g/mol. The molecule has 45 heavy (non-hydrogen) atoms. The Morgan fingerprint density at radius 3 is 2.44 bits per heavy atom. The second-order valence-corrected chi connectivity index (χ2v) is 10.9. The van der Waals surface area contributed by atoms with E-state index in [1.807, 2.05) is 0 Å². The van der Waals surface area contributed by atoms with Crippen molar-refractivity contribution in [2.45, 2.75) is 33.0 Å². The molecule has 6 rings (SSSR count). The lowest BCUT2D eigenvalue weighted by Gasteiger charge is -2.12. The van der Waals surface area contributed by atoms with Crippen LogP contribution in [-0.4, -0.2) is 41.2 Å². The van der Waals surface area contributed by atoms with Gasteiger partial charge in [0, 0.05) is 29.3 Å². The number of aromatic nitrogens is 6. The number of hydrogen-bond donors (Lipinski definition) is 2. The van der Waals surface area contributed by atoms with E-state index in [4.69, 9.17) is 5.73 Å². The molecule has 0 saturated carbocycles. The van der Waals surface area contributed by atoms with Crippen molar-refractivity contribution in [2.75, 3.05) is 5.32 Å². The zero-order chi connectivity index (χ0) is 32.2. The summed E-state index contributed by atoms with van der Waals surface area (Å²) in [6.45, 7) is 3.83. The van der Waals surface area contributed by atoms with Crippen molar-refractivity contribution in [1.82, 2.24) is 29.4 Å². The fourth-order valence-electron chi connectivity index (χ4n) is 4.93. The van der Waals surface area contributed by atoms with Gasteiger partial charge in [0.1, 0.15) is 26.7 Å². The summed E-state index contributed by atoms with van der Waals surface area (Å²) in [7, 11) is 0. The Balaban J connectivity index is 1.55. The Hall–Kier alpha value is -5.25. The lowest BCUT2D eigenvalue weighted by Crippen LogP contribution is -2.17. The number of anilines is 1. The topological polar surface area (TPSA) is 133 Å². The minimum absolute atomic E-state index is 0.00733. The summed E-state index contributed by atoms with van der Waals surface area (Å²) in [5.74, 6) is -1.95. The number of nitrogens with one attached hydrogen (secondary N) is 1. The van der Waals surface area contributed by atoms with Crippen molar-refractivity contribution >= 4 is 44.7 Å². The highest BCUT2D eigenvalue weighted by Gasteiger charge is 2.36. The summed E-state index contributed by atoms with van der Waals surface area (Å²) in [5, 5.41) is 10.9. The van der Waals surface area contributed by atoms with Crippen LogP contribution in [0.4, 0.5) is 27.6 Å². The minimum atomic E-state index is -4.83. The number of nitrogens with zero attached hydrogens (tertiary/aromatic N) is 6. The molecule has 3 N–H and O–H groups in total. The molecular formula is C29H21F5N8O2S. The van der Waals surface area contributed by atoms with Gasteiger partial charge in [0.2, 0.25) is 0 Å². The van der Waals surface area contributed by atoms with E-state index >= 15 is 0 Å². The third kappa shape index (κ3) is 5.26. The molecule has 5 aromatic heterocycles. The molecule has 5 heterocycles. The Bertz CT molecular complexity index is 2120. The van der Waals surface area contributed by atoms with Gasteiger partial charge in [-0.05, 0) is 31.5 Å². The largest absolute Gasteiger partial charge is 0.433 e. The SMILES string of the molecule is CCn1cc(-c2cc(C(F)(F)F)nc3sc(C(N)=O)c(NC(=O)c4cnn5c(C(F)F)cc(-c6ccccc6)nc45)c23)c(C)n1. The minimum Gasteiger partial charge on any atom is -0.365 e. The summed E-state index contributed by atoms with van der Waals surface area (Å²) in [4.78, 5) is 34.0. The van der Waals surface area contributed by atoms with E-state index in [2.05, 4.69) is 25.5 Å². The first-order valence-electron chi connectivity index (χ1n) is 13.3. The summed E-state index contributed by atoms with van der Waals surface area (Å²) < 4.78 is 72.3. The van der Waals surface area contributed by atoms with E-state index in [1.54, 1.807) is 50.4 Å². The number of halogens is 5. The van der Waals surface area contributed by atoms with Crippen molar-refractivity contribution < 1.29 is 31.5 Å². The van der Waals surface area contributed by atoms with Crippen LogP contribution in [0.15, 0.2) is 54.9 Å². The molecule has 0 fully saturated rings. The Kier molecular flexibility index (Phi) is 7.31. The number of benzene rings is 1. The van der Waals surface area contributed by atoms with Gasteiger partial charge in [-0.2, -0.15) is 23.4 Å². The number of primary amides is 1. The lowest BCUT2D eigenvalue weighted by atomic mass is 10.0. The lowest BCUT2D eigenvalue weighted by molar-refractivity contribution is -0.140. The van der Waals surface area contributed by atoms with Crippen LogP contribution < -0.4 is 11.1 Å². The van der Waals surface area contributed by atoms with E-state index in [0.717, 1.165) is 22.8 Å². The Morgan fingerprint density at radius 2 is 1.82 bits per heavy atom. The van der Waals surface area contributed by atoms with Crippen LogP contribution in [0.3, 0.4) is 0 Å². The number of aryl methyl sites for hydroxylation is 2. The number of nitrogens with two attached hydrogens (primary N) is 1. The number of amides is 2. The van der Waals surface area contributed by atoms with Crippen LogP contribution in [0.25, 0.3) is 38.2 Å². The third-order valence-corrected chi connectivity index (χ3v) is 8.11. The van der Waals surface area contributed by atoms with Gasteiger partial charge in [0.25, 0.3) is 18.2 Å². The van der Waals surface area contributed by atoms with Gasteiger partial charge in [-0.25, -0.2) is 23.3 Å². The van der Waals surface area contributed by atoms with Gasteiger partial charge >= 0.3 is 6.18 Å². The number of rotatable bonds is 7. The summed E-state index contributed by atoms with van der Waals surface area (Å²) in [5.41, 5.74) is 4.60. The molecule has 1 aromatic carbocycles. The average molecular weight is 641 g/mol. The van der Waals surface area contributed by atoms with Gasteiger partial charge in [-0.15, -0.1) is 11.3 Å². The Morgan fingerprint density at radius 1 is 1.09 bits per heavy atom. The van der Waals surface area contributed by atoms with Crippen molar-refractivity contribution in [3.05, 3.63) is 82.4 Å². The van der Waals surface area contributed by atoms with E-state index in [1.165, 1.54) is 4.68 Å². The number of carbonyl (C=O) groups excluding carboxylic acids is 2. The third-order valence-electron chi connectivity index (χ3n) is 7.01. The van der Waals surface area contributed by atoms with E-state index in [9.17, 15) is 31.5 Å². The predicted molar refractivity (Wildman–Crippen MR) is 156 cm³/mol. The number of pyridine rings is 1. The van der Waals surface area contributed by atoms with Crippen LogP contribution in [0.1, 0.15) is 50.5 Å². The normalized spacial score (nSPS) is 12.0. The number of thiophene rings is 1. The molecule has 0 unspecified atom stereocenters. The number of hydrogen-bond acceptors (Lipinski definition) is 7. The highest BCUT2D eigenvalue weighted by Crippen LogP contribution is 2.44. The number of alkyl halides is 5. The molecule has 2 amide bonds. The van der Waals surface area contributed by atoms with Crippen LogP contribution in [0.5, 0.6) is 0 Å². The first-order chi connectivity index (χ1) is 21.4. The molecule has 230 valence electrons. The van der Waals surface area contributed by atoms with Gasteiger partial charge in [0.05, 0.1) is 23.3 Å². The fourth-order valence-corrected chi connectivity index (χ4v) is 5.94. The van der Waals surface area contributed by atoms with Crippen LogP contribution in [0.2, 0.25) is 0 Å². The second-order valence-electron chi connectivity index (χ2n) is 9.87. The highest BCUT2D eigenvalue weighted by molar-refractivity contribution is 7.21. The number of carbonyl (C=O) groups is 2. The Labute approximate surface area is 254 Å². The molecule has 0 bridgehead atoms. The molecule has 0 aliphatic carbocycles. The van der Waals surface area contributed by atoms with Crippen molar-refractivity contribution in [3.63, 3.8) is 0 Å². The smallest absolute Gasteiger partial charge is 0.365 e. The molecule has 0 saturated heterocycles. The molecule has 6 aromatic rings. The van der Waals surface area contributed by atoms with Crippen LogP contribution >= 0.6 is 11.3 Å². The van der Waals surface area contributed by atoms with E-state index in [-0.39, 0.29) is 43.2 Å². The average Bonchev–Trinajstić information content (AvgIpc) is 3.71. The quantitative estimate of drug-likeness (QED) is 0.191. The van der Waals surface area contributed by atoms with Gasteiger partial charge in [0.15, 0.2) is 5.65 Å². The molecule has 0 aliphatic heterocycles. The molecule has 10 nitrogen and oxygen atoms in total. The second kappa shape index (κ2) is 11.0. The molecule has 0 spiro atoms. The zero-order valence-electron chi connectivity index (χ0n) is 23.4. The van der Waals surface area contributed by atoms with Gasteiger partial charge in [-0.1, -0.05) is 30.3 Å². The predicted octanol–water partition coefficient (Wildman–Crippen LogP) is 6.51.